The third kappa shape index (κ3) is 3.89. The molecule has 2 aromatic rings. The molecule has 1 heterocycles. The van der Waals surface area contributed by atoms with Crippen molar-refractivity contribution >= 4 is 17.4 Å². The van der Waals surface area contributed by atoms with Crippen molar-refractivity contribution in [3.05, 3.63) is 64.7 Å². The Morgan fingerprint density at radius 3 is 2.30 bits per heavy atom. The zero-order valence-corrected chi connectivity index (χ0v) is 17.5. The summed E-state index contributed by atoms with van der Waals surface area (Å²) in [6.45, 7) is 2.32. The fourth-order valence-electron chi connectivity index (χ4n) is 3.61. The molecule has 1 aliphatic heterocycles. The van der Waals surface area contributed by atoms with E-state index in [0.29, 0.717) is 22.6 Å². The van der Waals surface area contributed by atoms with Gasteiger partial charge in [-0.1, -0.05) is 12.1 Å². The lowest BCUT2D eigenvalue weighted by atomic mass is 9.94. The third-order valence-corrected chi connectivity index (χ3v) is 5.18. The van der Waals surface area contributed by atoms with Crippen LogP contribution in [0.15, 0.2) is 48.0 Å². The Labute approximate surface area is 175 Å². The summed E-state index contributed by atoms with van der Waals surface area (Å²) in [4.78, 5) is 27.1. The van der Waals surface area contributed by atoms with E-state index in [1.807, 2.05) is 6.92 Å². The van der Waals surface area contributed by atoms with Crippen LogP contribution in [0.1, 0.15) is 22.7 Å². The van der Waals surface area contributed by atoms with E-state index in [1.165, 1.54) is 12.0 Å². The van der Waals surface area contributed by atoms with Crippen molar-refractivity contribution in [2.45, 2.75) is 13.0 Å². The fraction of sp³-hybridized carbons (Fsp3) is 0.304. The molecule has 0 spiro atoms. The number of aliphatic hydroxyl groups excluding tert-OH is 1. The summed E-state index contributed by atoms with van der Waals surface area (Å²) >= 11 is 0. The van der Waals surface area contributed by atoms with Crippen LogP contribution < -0.4 is 9.47 Å². The highest BCUT2D eigenvalue weighted by molar-refractivity contribution is 6.46. The lowest BCUT2D eigenvalue weighted by molar-refractivity contribution is -0.140. The average molecular weight is 411 g/mol. The summed E-state index contributed by atoms with van der Waals surface area (Å²) in [5.41, 5.74) is 1.98. The predicted octanol–water partition coefficient (Wildman–Crippen LogP) is 3.08. The number of Topliss-reactive ketones (excluding diaryl/α,β-unsaturated/α-hetero) is 1. The molecule has 1 atom stereocenters. The van der Waals surface area contributed by atoms with Crippen molar-refractivity contribution in [2.75, 3.05) is 34.5 Å². The molecule has 2 aromatic carbocycles. The van der Waals surface area contributed by atoms with E-state index in [4.69, 9.17) is 14.2 Å². The maximum absolute atomic E-state index is 12.9. The second-order valence-electron chi connectivity index (χ2n) is 6.94. The van der Waals surface area contributed by atoms with Crippen LogP contribution in [0, 0.1) is 6.92 Å². The zero-order valence-electron chi connectivity index (χ0n) is 17.5. The number of hydrogen-bond donors (Lipinski definition) is 1. The van der Waals surface area contributed by atoms with Gasteiger partial charge in [0.15, 0.2) is 0 Å². The summed E-state index contributed by atoms with van der Waals surface area (Å²) in [6, 6.07) is 11.4. The van der Waals surface area contributed by atoms with Gasteiger partial charge in [-0.05, 0) is 48.4 Å². The number of nitrogens with zero attached hydrogens (tertiary/aromatic N) is 1. The first-order chi connectivity index (χ1) is 14.4. The van der Waals surface area contributed by atoms with Gasteiger partial charge in [0.2, 0.25) is 0 Å². The van der Waals surface area contributed by atoms with Crippen LogP contribution in [0.4, 0.5) is 0 Å². The van der Waals surface area contributed by atoms with E-state index in [0.717, 1.165) is 5.56 Å². The maximum atomic E-state index is 12.9. The fourth-order valence-corrected chi connectivity index (χ4v) is 3.61. The molecule has 3 rings (SSSR count). The minimum absolute atomic E-state index is 0.0471. The molecule has 7 heteroatoms. The van der Waals surface area contributed by atoms with Crippen LogP contribution >= 0.6 is 0 Å². The van der Waals surface area contributed by atoms with Gasteiger partial charge in [0, 0.05) is 19.2 Å². The topological polar surface area (TPSA) is 85.3 Å². The highest BCUT2D eigenvalue weighted by Gasteiger charge is 2.45. The maximum Gasteiger partial charge on any atom is 0.295 e. The molecular formula is C23H25NO6. The zero-order chi connectivity index (χ0) is 21.8. The van der Waals surface area contributed by atoms with E-state index < -0.39 is 17.7 Å². The summed E-state index contributed by atoms with van der Waals surface area (Å²) in [5, 5.41) is 11.1. The van der Waals surface area contributed by atoms with Crippen LogP contribution in [-0.2, 0) is 14.3 Å². The van der Waals surface area contributed by atoms with E-state index in [-0.39, 0.29) is 24.5 Å². The molecule has 0 saturated carbocycles. The summed E-state index contributed by atoms with van der Waals surface area (Å²) < 4.78 is 15.6. The number of ketones is 1. The van der Waals surface area contributed by atoms with Gasteiger partial charge in [-0.15, -0.1) is 0 Å². The minimum Gasteiger partial charge on any atom is -0.507 e. The van der Waals surface area contributed by atoms with Crippen LogP contribution in [0.5, 0.6) is 11.5 Å². The molecule has 0 bridgehead atoms. The van der Waals surface area contributed by atoms with Crippen molar-refractivity contribution in [1.29, 1.82) is 0 Å². The van der Waals surface area contributed by atoms with Gasteiger partial charge >= 0.3 is 0 Å². The van der Waals surface area contributed by atoms with E-state index in [1.54, 1.807) is 56.7 Å². The van der Waals surface area contributed by atoms with Crippen LogP contribution in [0.3, 0.4) is 0 Å². The first-order valence-electron chi connectivity index (χ1n) is 9.49. The molecule has 1 amide bonds. The first kappa shape index (κ1) is 21.4. The Morgan fingerprint density at radius 1 is 1.03 bits per heavy atom. The lowest BCUT2D eigenvalue weighted by Crippen LogP contribution is -2.32. The van der Waals surface area contributed by atoms with E-state index in [9.17, 15) is 14.7 Å². The monoisotopic (exact) mass is 411 g/mol. The number of amides is 1. The molecule has 1 aliphatic rings. The van der Waals surface area contributed by atoms with Gasteiger partial charge in [-0.25, -0.2) is 0 Å². The normalized spacial score (nSPS) is 18.0. The van der Waals surface area contributed by atoms with Crippen molar-refractivity contribution in [2.24, 2.45) is 0 Å². The number of rotatable bonds is 7. The molecule has 158 valence electrons. The molecule has 0 aliphatic carbocycles. The minimum atomic E-state index is -0.728. The standard InChI is InChI=1S/C23H25NO6/c1-14-13-16(7-10-18(14)30-4)21(25)19-20(15-5-8-17(29-3)9-6-15)24(11-12-28-2)23(27)22(19)26/h5-10,13,20,25H,11-12H2,1-4H3/b21-19+. The second kappa shape index (κ2) is 9.00. The smallest absolute Gasteiger partial charge is 0.295 e. The van der Waals surface area contributed by atoms with E-state index in [2.05, 4.69) is 0 Å². The molecule has 0 radical (unpaired) electrons. The average Bonchev–Trinajstić information content (AvgIpc) is 3.01. The number of carbonyl (C=O) groups is 2. The Hall–Kier alpha value is -3.32. The Balaban J connectivity index is 2.14. The molecule has 1 N–H and O–H groups in total. The van der Waals surface area contributed by atoms with Gasteiger partial charge < -0.3 is 24.2 Å². The van der Waals surface area contributed by atoms with Crippen molar-refractivity contribution < 1.29 is 28.9 Å². The Bertz CT molecular complexity index is 980. The van der Waals surface area contributed by atoms with Gasteiger partial charge in [-0.2, -0.15) is 0 Å². The van der Waals surface area contributed by atoms with Crippen LogP contribution in [0.25, 0.3) is 5.76 Å². The molecule has 1 saturated heterocycles. The molecule has 30 heavy (non-hydrogen) atoms. The number of aliphatic hydroxyl groups is 1. The molecule has 1 unspecified atom stereocenters. The number of carbonyl (C=O) groups excluding carboxylic acids is 2. The van der Waals surface area contributed by atoms with Crippen molar-refractivity contribution in [3.8, 4) is 11.5 Å². The highest BCUT2D eigenvalue weighted by Crippen LogP contribution is 2.40. The number of benzene rings is 2. The van der Waals surface area contributed by atoms with Gasteiger partial charge in [0.05, 0.1) is 32.4 Å². The summed E-state index contributed by atoms with van der Waals surface area (Å²) in [6.07, 6.45) is 0. The first-order valence-corrected chi connectivity index (χ1v) is 9.49. The van der Waals surface area contributed by atoms with Crippen LogP contribution in [-0.4, -0.2) is 56.2 Å². The third-order valence-electron chi connectivity index (χ3n) is 5.18. The second-order valence-corrected chi connectivity index (χ2v) is 6.94. The van der Waals surface area contributed by atoms with Crippen LogP contribution in [0.2, 0.25) is 0 Å². The SMILES string of the molecule is COCCN1C(=O)C(=O)/C(=C(/O)c2ccc(OC)c(C)c2)C1c1ccc(OC)cc1. The lowest BCUT2D eigenvalue weighted by Gasteiger charge is -2.25. The number of hydrogen-bond acceptors (Lipinski definition) is 6. The largest absolute Gasteiger partial charge is 0.507 e. The summed E-state index contributed by atoms with van der Waals surface area (Å²) in [5.74, 6) is -0.297. The quantitative estimate of drug-likeness (QED) is 0.428. The predicted molar refractivity (Wildman–Crippen MR) is 112 cm³/mol. The molecule has 7 nitrogen and oxygen atoms in total. The Morgan fingerprint density at radius 2 is 1.73 bits per heavy atom. The number of likely N-dealkylation sites (tertiary alicyclic amines) is 1. The molecular weight excluding hydrogens is 386 g/mol. The summed E-state index contributed by atoms with van der Waals surface area (Å²) in [7, 11) is 4.65. The number of aryl methyl sites for hydroxylation is 1. The molecule has 0 aromatic heterocycles. The van der Waals surface area contributed by atoms with Crippen molar-refractivity contribution in [1.82, 2.24) is 4.90 Å². The molecule has 1 fully saturated rings. The van der Waals surface area contributed by atoms with Gasteiger partial charge in [0.25, 0.3) is 11.7 Å². The Kier molecular flexibility index (Phi) is 6.42. The van der Waals surface area contributed by atoms with E-state index >= 15 is 0 Å². The number of methoxy groups -OCH3 is 3. The highest BCUT2D eigenvalue weighted by atomic mass is 16.5. The van der Waals surface area contributed by atoms with Gasteiger partial charge in [0.1, 0.15) is 17.3 Å². The van der Waals surface area contributed by atoms with Gasteiger partial charge in [-0.3, -0.25) is 9.59 Å². The number of ether oxygens (including phenoxy) is 3. The van der Waals surface area contributed by atoms with Crippen molar-refractivity contribution in [3.63, 3.8) is 0 Å².